The Morgan fingerprint density at radius 3 is 2.00 bits per heavy atom. The molecule has 1 aromatic rings. The Hall–Kier alpha value is 0.343. The summed E-state index contributed by atoms with van der Waals surface area (Å²) < 4.78 is 0. The minimum absolute atomic E-state index is 0. The first kappa shape index (κ1) is 19.0. The van der Waals surface area contributed by atoms with Crippen molar-refractivity contribution < 1.29 is 49.4 Å². The number of nitrogens with two attached hydrogens (primary N) is 1. The fourth-order valence-electron chi connectivity index (χ4n) is 0.806. The molecule has 0 saturated carbocycles. The van der Waals surface area contributed by atoms with Gasteiger partial charge in [0.15, 0.2) is 0 Å². The summed E-state index contributed by atoms with van der Waals surface area (Å²) in [5.41, 5.74) is 6.52. The Morgan fingerprint density at radius 1 is 1.15 bits per heavy atom. The molecule has 70 valence electrons. The van der Waals surface area contributed by atoms with Crippen LogP contribution in [0.2, 0.25) is 0 Å². The molecule has 1 rings (SSSR count). The standard InChI is InChI=1S/C8H11NO.2ClH.Zn/c9-8(6-10)7-4-2-1-3-5-7;;;/h1-5,8,10H,6,9H2;2*1H;/q;;;+2/p-2/t8-;;;/m1.../s1. The largest absolute Gasteiger partial charge is 2.00 e. The van der Waals surface area contributed by atoms with Crippen LogP contribution in [0.15, 0.2) is 30.3 Å². The van der Waals surface area contributed by atoms with Gasteiger partial charge in [-0.15, -0.1) is 0 Å². The number of aliphatic hydroxyl groups excluding tert-OH is 1. The summed E-state index contributed by atoms with van der Waals surface area (Å²) in [7, 11) is 0. The molecule has 0 aromatic heterocycles. The summed E-state index contributed by atoms with van der Waals surface area (Å²) in [6.45, 7) is 0.00398. The third-order valence-electron chi connectivity index (χ3n) is 1.42. The van der Waals surface area contributed by atoms with Crippen LogP contribution < -0.4 is 30.5 Å². The summed E-state index contributed by atoms with van der Waals surface area (Å²) >= 11 is 0. The van der Waals surface area contributed by atoms with Gasteiger partial charge in [0.1, 0.15) is 0 Å². The molecule has 5 heteroatoms. The van der Waals surface area contributed by atoms with Crippen molar-refractivity contribution in [3.63, 3.8) is 0 Å². The molecule has 0 saturated heterocycles. The van der Waals surface area contributed by atoms with Gasteiger partial charge < -0.3 is 35.7 Å². The monoisotopic (exact) mass is 271 g/mol. The predicted octanol–water partition coefficient (Wildman–Crippen LogP) is -5.32. The first-order valence-corrected chi connectivity index (χ1v) is 3.26. The van der Waals surface area contributed by atoms with Crippen molar-refractivity contribution >= 4 is 0 Å². The molecule has 1 aromatic carbocycles. The van der Waals surface area contributed by atoms with Crippen molar-refractivity contribution in [3.05, 3.63) is 35.9 Å². The third-order valence-corrected chi connectivity index (χ3v) is 1.42. The second-order valence-corrected chi connectivity index (χ2v) is 2.20. The number of hydrogen-bond donors (Lipinski definition) is 2. The maximum Gasteiger partial charge on any atom is 2.00 e. The number of aliphatic hydroxyl groups is 1. The second kappa shape index (κ2) is 10.4. The van der Waals surface area contributed by atoms with Crippen molar-refractivity contribution in [3.8, 4) is 0 Å². The number of hydrogen-bond acceptors (Lipinski definition) is 2. The van der Waals surface area contributed by atoms with Gasteiger partial charge >= 0.3 is 19.5 Å². The Kier molecular flexibility index (Phi) is 15.2. The second-order valence-electron chi connectivity index (χ2n) is 2.20. The molecular weight excluding hydrogens is 262 g/mol. The normalized spacial score (nSPS) is 10.0. The van der Waals surface area contributed by atoms with Crippen LogP contribution in [0.3, 0.4) is 0 Å². The first-order chi connectivity index (χ1) is 4.84. The van der Waals surface area contributed by atoms with E-state index in [1.54, 1.807) is 0 Å². The minimum atomic E-state index is -0.235. The number of benzene rings is 1. The SMILES string of the molecule is N[C@H](CO)c1ccccc1.[Cl-].[Cl-].[Zn+2]. The van der Waals surface area contributed by atoms with E-state index in [1.165, 1.54) is 0 Å². The molecule has 0 bridgehead atoms. The summed E-state index contributed by atoms with van der Waals surface area (Å²) in [5.74, 6) is 0. The van der Waals surface area contributed by atoms with Crippen molar-refractivity contribution in [2.24, 2.45) is 5.73 Å². The smallest absolute Gasteiger partial charge is 1.00 e. The van der Waals surface area contributed by atoms with Gasteiger partial charge in [-0.3, -0.25) is 0 Å². The molecule has 13 heavy (non-hydrogen) atoms. The average Bonchev–Trinajstić information content (AvgIpc) is 2.05. The quantitative estimate of drug-likeness (QED) is 0.529. The van der Waals surface area contributed by atoms with Crippen molar-refractivity contribution in [2.75, 3.05) is 6.61 Å². The molecule has 0 aliphatic heterocycles. The van der Waals surface area contributed by atoms with E-state index in [-0.39, 0.29) is 56.9 Å². The van der Waals surface area contributed by atoms with Crippen molar-refractivity contribution in [1.82, 2.24) is 0 Å². The Balaban J connectivity index is -0.000000333. The zero-order chi connectivity index (χ0) is 7.40. The molecule has 1 atom stereocenters. The summed E-state index contributed by atoms with van der Waals surface area (Å²) in [6.07, 6.45) is 0. The Morgan fingerprint density at radius 2 is 1.62 bits per heavy atom. The molecule has 2 nitrogen and oxygen atoms in total. The molecule has 0 heterocycles. The van der Waals surface area contributed by atoms with E-state index in [0.29, 0.717) is 0 Å². The van der Waals surface area contributed by atoms with E-state index >= 15 is 0 Å². The molecule has 0 spiro atoms. The van der Waals surface area contributed by atoms with E-state index < -0.39 is 0 Å². The predicted molar refractivity (Wildman–Crippen MR) is 40.5 cm³/mol. The molecule has 0 amide bonds. The molecule has 0 radical (unpaired) electrons. The average molecular weight is 273 g/mol. The van der Waals surface area contributed by atoms with Crippen molar-refractivity contribution in [2.45, 2.75) is 6.04 Å². The van der Waals surface area contributed by atoms with E-state index in [9.17, 15) is 0 Å². The first-order valence-electron chi connectivity index (χ1n) is 3.26. The van der Waals surface area contributed by atoms with Crippen LogP contribution in [-0.2, 0) is 19.5 Å². The van der Waals surface area contributed by atoms with Gasteiger partial charge in [0.2, 0.25) is 0 Å². The number of halogens is 2. The van der Waals surface area contributed by atoms with Gasteiger partial charge in [-0.2, -0.15) is 0 Å². The number of rotatable bonds is 2. The van der Waals surface area contributed by atoms with Crippen LogP contribution in [-0.4, -0.2) is 11.7 Å². The topological polar surface area (TPSA) is 46.2 Å². The van der Waals surface area contributed by atoms with Gasteiger partial charge in [-0.25, -0.2) is 0 Å². The van der Waals surface area contributed by atoms with Crippen LogP contribution in [0, 0.1) is 0 Å². The van der Waals surface area contributed by atoms with Crippen LogP contribution >= 0.6 is 0 Å². The van der Waals surface area contributed by atoms with Gasteiger partial charge in [0.25, 0.3) is 0 Å². The van der Waals surface area contributed by atoms with E-state index in [4.69, 9.17) is 10.8 Å². The van der Waals surface area contributed by atoms with Gasteiger partial charge in [-0.1, -0.05) is 30.3 Å². The molecule has 3 N–H and O–H groups in total. The Labute approximate surface area is 103 Å². The fraction of sp³-hybridized carbons (Fsp3) is 0.250. The van der Waals surface area contributed by atoms with E-state index in [2.05, 4.69) is 0 Å². The minimum Gasteiger partial charge on any atom is -1.00 e. The van der Waals surface area contributed by atoms with E-state index in [0.717, 1.165) is 5.56 Å². The maximum absolute atomic E-state index is 8.66. The zero-order valence-corrected chi connectivity index (χ0v) is 11.6. The van der Waals surface area contributed by atoms with Crippen LogP contribution in [0.1, 0.15) is 11.6 Å². The summed E-state index contributed by atoms with van der Waals surface area (Å²) in [6, 6.07) is 9.31. The maximum atomic E-state index is 8.66. The van der Waals surface area contributed by atoms with Crippen LogP contribution in [0.4, 0.5) is 0 Å². The molecule has 0 unspecified atom stereocenters. The van der Waals surface area contributed by atoms with Crippen LogP contribution in [0.5, 0.6) is 0 Å². The van der Waals surface area contributed by atoms with Crippen LogP contribution in [0.25, 0.3) is 0 Å². The molecule has 0 aliphatic carbocycles. The molecule has 0 aliphatic rings. The zero-order valence-electron chi connectivity index (χ0n) is 7.16. The summed E-state index contributed by atoms with van der Waals surface area (Å²) in [5, 5.41) is 8.66. The molecule has 0 fully saturated rings. The van der Waals surface area contributed by atoms with Crippen molar-refractivity contribution in [1.29, 1.82) is 0 Å². The Bertz CT molecular complexity index is 199. The fourth-order valence-corrected chi connectivity index (χ4v) is 0.806. The molecular formula is C8H11Cl2NOZn. The summed E-state index contributed by atoms with van der Waals surface area (Å²) in [4.78, 5) is 0. The van der Waals surface area contributed by atoms with Gasteiger partial charge in [0.05, 0.1) is 12.6 Å². The van der Waals surface area contributed by atoms with Gasteiger partial charge in [-0.05, 0) is 5.56 Å². The third kappa shape index (κ3) is 6.42. The van der Waals surface area contributed by atoms with Gasteiger partial charge in [0, 0.05) is 0 Å². The van der Waals surface area contributed by atoms with E-state index in [1.807, 2.05) is 30.3 Å².